The van der Waals surface area contributed by atoms with Gasteiger partial charge in [0.2, 0.25) is 0 Å². The van der Waals surface area contributed by atoms with Gasteiger partial charge in [-0.25, -0.2) is 4.79 Å². The minimum Gasteiger partial charge on any atom is -0.410 e. The lowest BCUT2D eigenvalue weighted by molar-refractivity contribution is 0.0645. The van der Waals surface area contributed by atoms with Crippen LogP contribution in [0.3, 0.4) is 0 Å². The SMILES string of the molecule is CCN(c1ccccc1)C(C)OC(=O)Oc1ccc(Cc2ccccc2)cc1. The van der Waals surface area contributed by atoms with E-state index in [-0.39, 0.29) is 0 Å². The van der Waals surface area contributed by atoms with Gasteiger partial charge in [-0.15, -0.1) is 0 Å². The monoisotopic (exact) mass is 375 g/mol. The molecule has 0 saturated heterocycles. The molecule has 0 radical (unpaired) electrons. The van der Waals surface area contributed by atoms with E-state index in [2.05, 4.69) is 12.1 Å². The van der Waals surface area contributed by atoms with E-state index in [1.54, 1.807) is 12.1 Å². The van der Waals surface area contributed by atoms with Crippen molar-refractivity contribution in [3.63, 3.8) is 0 Å². The minimum absolute atomic E-state index is 0.433. The van der Waals surface area contributed by atoms with E-state index in [0.29, 0.717) is 12.3 Å². The summed E-state index contributed by atoms with van der Waals surface area (Å²) in [5.41, 5.74) is 3.39. The van der Waals surface area contributed by atoms with Crippen molar-refractivity contribution in [1.82, 2.24) is 0 Å². The Morgan fingerprint density at radius 2 is 1.43 bits per heavy atom. The molecule has 28 heavy (non-hydrogen) atoms. The van der Waals surface area contributed by atoms with Crippen molar-refractivity contribution in [3.8, 4) is 5.75 Å². The van der Waals surface area contributed by atoms with Gasteiger partial charge in [-0.2, -0.15) is 0 Å². The van der Waals surface area contributed by atoms with Gasteiger partial charge in [-0.3, -0.25) is 0 Å². The molecule has 4 nitrogen and oxygen atoms in total. The summed E-state index contributed by atoms with van der Waals surface area (Å²) in [4.78, 5) is 14.2. The summed E-state index contributed by atoms with van der Waals surface area (Å²) in [5.74, 6) is 0.469. The topological polar surface area (TPSA) is 38.8 Å². The molecule has 4 heteroatoms. The molecule has 0 aliphatic carbocycles. The van der Waals surface area contributed by atoms with Gasteiger partial charge in [0, 0.05) is 12.2 Å². The van der Waals surface area contributed by atoms with Crippen LogP contribution in [-0.4, -0.2) is 18.9 Å². The smallest absolute Gasteiger partial charge is 0.410 e. The molecule has 0 aliphatic rings. The fourth-order valence-electron chi connectivity index (χ4n) is 3.10. The number of anilines is 1. The van der Waals surface area contributed by atoms with Crippen LogP contribution in [0.15, 0.2) is 84.9 Å². The first-order valence-electron chi connectivity index (χ1n) is 9.48. The number of carbonyl (C=O) groups excluding carboxylic acids is 1. The Balaban J connectivity index is 1.55. The summed E-state index contributed by atoms with van der Waals surface area (Å²) in [7, 11) is 0. The van der Waals surface area contributed by atoms with Crippen molar-refractivity contribution in [1.29, 1.82) is 0 Å². The zero-order valence-electron chi connectivity index (χ0n) is 16.2. The van der Waals surface area contributed by atoms with E-state index in [1.807, 2.05) is 79.4 Å². The first-order valence-corrected chi connectivity index (χ1v) is 9.48. The number of carbonyl (C=O) groups is 1. The molecule has 0 spiro atoms. The molecule has 0 N–H and O–H groups in total. The van der Waals surface area contributed by atoms with Crippen molar-refractivity contribution in [3.05, 3.63) is 96.1 Å². The molecule has 0 aromatic heterocycles. The predicted octanol–water partition coefficient (Wildman–Crippen LogP) is 5.67. The molecular formula is C24H25NO3. The number of nitrogens with zero attached hydrogens (tertiary/aromatic N) is 1. The quantitative estimate of drug-likeness (QED) is 0.303. The molecule has 0 bridgehead atoms. The van der Waals surface area contributed by atoms with Crippen LogP contribution in [0.2, 0.25) is 0 Å². The van der Waals surface area contributed by atoms with Crippen LogP contribution in [-0.2, 0) is 11.2 Å². The first-order chi connectivity index (χ1) is 13.7. The molecule has 1 unspecified atom stereocenters. The van der Waals surface area contributed by atoms with E-state index in [9.17, 15) is 4.79 Å². The number of benzene rings is 3. The van der Waals surface area contributed by atoms with Crippen LogP contribution in [0.4, 0.5) is 10.5 Å². The highest BCUT2D eigenvalue weighted by molar-refractivity contribution is 5.64. The molecule has 0 saturated carbocycles. The lowest BCUT2D eigenvalue weighted by atomic mass is 10.1. The molecule has 3 rings (SSSR count). The molecule has 0 fully saturated rings. The zero-order chi connectivity index (χ0) is 19.8. The van der Waals surface area contributed by atoms with Crippen LogP contribution >= 0.6 is 0 Å². The third-order valence-corrected chi connectivity index (χ3v) is 4.51. The van der Waals surface area contributed by atoms with Crippen molar-refractivity contribution in [2.75, 3.05) is 11.4 Å². The van der Waals surface area contributed by atoms with Crippen LogP contribution in [0.5, 0.6) is 5.75 Å². The van der Waals surface area contributed by atoms with Gasteiger partial charge in [0.1, 0.15) is 5.75 Å². The van der Waals surface area contributed by atoms with Crippen LogP contribution in [0.25, 0.3) is 0 Å². The summed E-state index contributed by atoms with van der Waals surface area (Å²) in [6.45, 7) is 4.57. The second kappa shape index (κ2) is 9.60. The Labute approximate surface area is 166 Å². The molecule has 0 amide bonds. The third-order valence-electron chi connectivity index (χ3n) is 4.51. The third kappa shape index (κ3) is 5.36. The second-order valence-corrected chi connectivity index (χ2v) is 6.50. The van der Waals surface area contributed by atoms with E-state index in [4.69, 9.17) is 9.47 Å². The second-order valence-electron chi connectivity index (χ2n) is 6.50. The Hall–Kier alpha value is -3.27. The lowest BCUT2D eigenvalue weighted by Gasteiger charge is -2.29. The average molecular weight is 375 g/mol. The van der Waals surface area contributed by atoms with Crippen molar-refractivity contribution in [2.24, 2.45) is 0 Å². The van der Waals surface area contributed by atoms with Gasteiger partial charge in [-0.05, 0) is 55.7 Å². The van der Waals surface area contributed by atoms with E-state index < -0.39 is 12.4 Å². The van der Waals surface area contributed by atoms with Gasteiger partial charge in [0.25, 0.3) is 0 Å². The van der Waals surface area contributed by atoms with Gasteiger partial charge in [-0.1, -0.05) is 60.7 Å². The Bertz CT molecular complexity index is 863. The lowest BCUT2D eigenvalue weighted by Crippen LogP contribution is -2.37. The largest absolute Gasteiger partial charge is 0.515 e. The highest BCUT2D eigenvalue weighted by Crippen LogP contribution is 2.19. The van der Waals surface area contributed by atoms with Crippen molar-refractivity contribution in [2.45, 2.75) is 26.5 Å². The highest BCUT2D eigenvalue weighted by Gasteiger charge is 2.18. The molecule has 0 aliphatic heterocycles. The van der Waals surface area contributed by atoms with E-state index in [1.165, 1.54) is 5.56 Å². The van der Waals surface area contributed by atoms with E-state index in [0.717, 1.165) is 17.7 Å². The fraction of sp³-hybridized carbons (Fsp3) is 0.208. The van der Waals surface area contributed by atoms with Gasteiger partial charge in [0.05, 0.1) is 0 Å². The Kier molecular flexibility index (Phi) is 6.68. The summed E-state index contributed by atoms with van der Waals surface area (Å²) < 4.78 is 10.8. The number of ether oxygens (including phenoxy) is 2. The van der Waals surface area contributed by atoms with Crippen molar-refractivity contribution < 1.29 is 14.3 Å². The fourth-order valence-corrected chi connectivity index (χ4v) is 3.10. The highest BCUT2D eigenvalue weighted by atomic mass is 16.7. The summed E-state index contributed by atoms with van der Waals surface area (Å²) >= 11 is 0. The summed E-state index contributed by atoms with van der Waals surface area (Å²) in [6.07, 6.45) is -0.305. The number of hydrogen-bond acceptors (Lipinski definition) is 4. The predicted molar refractivity (Wildman–Crippen MR) is 112 cm³/mol. The standard InChI is InChI=1S/C24H25NO3/c1-3-25(22-12-8-5-9-13-22)19(2)27-24(26)28-23-16-14-21(15-17-23)18-20-10-6-4-7-11-20/h4-17,19H,3,18H2,1-2H3. The first kappa shape index (κ1) is 19.5. The maximum atomic E-state index is 12.2. The number of hydrogen-bond donors (Lipinski definition) is 0. The Morgan fingerprint density at radius 1 is 0.857 bits per heavy atom. The minimum atomic E-state index is -0.710. The average Bonchev–Trinajstić information content (AvgIpc) is 2.71. The zero-order valence-corrected chi connectivity index (χ0v) is 16.2. The normalized spacial score (nSPS) is 11.5. The van der Waals surface area contributed by atoms with Gasteiger partial charge < -0.3 is 14.4 Å². The number of para-hydroxylation sites is 1. The summed E-state index contributed by atoms with van der Waals surface area (Å²) in [5, 5.41) is 0. The number of rotatable bonds is 7. The van der Waals surface area contributed by atoms with Crippen molar-refractivity contribution >= 4 is 11.8 Å². The molecule has 3 aromatic rings. The van der Waals surface area contributed by atoms with E-state index >= 15 is 0 Å². The molecule has 1 atom stereocenters. The molecular weight excluding hydrogens is 350 g/mol. The summed E-state index contributed by atoms with van der Waals surface area (Å²) in [6, 6.07) is 27.6. The van der Waals surface area contributed by atoms with Crippen LogP contribution in [0, 0.1) is 0 Å². The van der Waals surface area contributed by atoms with Crippen LogP contribution in [0.1, 0.15) is 25.0 Å². The Morgan fingerprint density at radius 3 is 2.04 bits per heavy atom. The van der Waals surface area contributed by atoms with Gasteiger partial charge in [0.15, 0.2) is 6.23 Å². The van der Waals surface area contributed by atoms with Gasteiger partial charge >= 0.3 is 6.16 Å². The molecule has 0 heterocycles. The maximum absolute atomic E-state index is 12.2. The molecule has 3 aromatic carbocycles. The maximum Gasteiger partial charge on any atom is 0.515 e. The van der Waals surface area contributed by atoms with Crippen LogP contribution < -0.4 is 9.64 Å². The molecule has 144 valence electrons.